The van der Waals surface area contributed by atoms with Crippen molar-refractivity contribution >= 4 is 17.0 Å². The Hall–Kier alpha value is -2.86. The number of aromatic nitrogens is 2. The second-order valence-electron chi connectivity index (χ2n) is 7.85. The van der Waals surface area contributed by atoms with Gasteiger partial charge in [-0.2, -0.15) is 5.26 Å². The summed E-state index contributed by atoms with van der Waals surface area (Å²) >= 11 is 0. The highest BCUT2D eigenvalue weighted by Gasteiger charge is 2.48. The molecule has 0 amide bonds. The molecule has 9 nitrogen and oxygen atoms in total. The van der Waals surface area contributed by atoms with Crippen LogP contribution in [0.2, 0.25) is 0 Å². The minimum Gasteiger partial charge on any atom is -0.485 e. The summed E-state index contributed by atoms with van der Waals surface area (Å²) in [6.45, 7) is 9.36. The fourth-order valence-electron chi connectivity index (χ4n) is 3.33. The van der Waals surface area contributed by atoms with Gasteiger partial charge in [0.25, 0.3) is 0 Å². The normalized spacial score (nSPS) is 22.4. The molecule has 2 heterocycles. The van der Waals surface area contributed by atoms with Gasteiger partial charge in [0.2, 0.25) is 12.2 Å². The molecule has 2 atom stereocenters. The number of nitrogens with zero attached hydrogens (tertiary/aromatic N) is 5. The molecule has 3 rings (SSSR count). The van der Waals surface area contributed by atoms with E-state index in [0.29, 0.717) is 22.3 Å². The lowest BCUT2D eigenvalue weighted by molar-refractivity contribution is -0.0924. The summed E-state index contributed by atoms with van der Waals surface area (Å²) in [7, 11) is 0. The van der Waals surface area contributed by atoms with Crippen LogP contribution in [-0.4, -0.2) is 43.5 Å². The molecule has 0 bridgehead atoms. The lowest BCUT2D eigenvalue weighted by Gasteiger charge is -2.50. The minimum atomic E-state index is -0.945. The van der Waals surface area contributed by atoms with Crippen LogP contribution in [0, 0.1) is 11.5 Å². The quantitative estimate of drug-likeness (QED) is 0.447. The van der Waals surface area contributed by atoms with Gasteiger partial charge in [0.05, 0.1) is 6.04 Å². The number of aliphatic hydroxyl groups is 1. The molecule has 9 heteroatoms. The summed E-state index contributed by atoms with van der Waals surface area (Å²) < 4.78 is 10.8. The van der Waals surface area contributed by atoms with Crippen LogP contribution in [0.25, 0.3) is 11.0 Å². The number of rotatable bonds is 1. The predicted octanol–water partition coefficient (Wildman–Crippen LogP) is 1.69. The topological polar surface area (TPSA) is 134 Å². The number of aliphatic imine (C=N–C) groups is 1. The zero-order valence-corrected chi connectivity index (χ0v) is 15.4. The fraction of sp³-hybridized carbons (Fsp3) is 0.529. The van der Waals surface area contributed by atoms with Crippen molar-refractivity contribution in [2.75, 3.05) is 0 Å². The number of hydrogen-bond acceptors (Lipinski definition) is 7. The number of nitrogens with two attached hydrogens (primary N) is 1. The molecule has 0 saturated heterocycles. The SMILES string of the molecule is CC1(C)Oc2cc3nonc3cc2C(N(C(N)=NC#N)C(C)(C)C)C1O. The van der Waals surface area contributed by atoms with Gasteiger partial charge in [0.15, 0.2) is 0 Å². The molecule has 26 heavy (non-hydrogen) atoms. The van der Waals surface area contributed by atoms with Gasteiger partial charge in [-0.3, -0.25) is 0 Å². The van der Waals surface area contributed by atoms with Crippen molar-refractivity contribution in [3.05, 3.63) is 17.7 Å². The van der Waals surface area contributed by atoms with E-state index in [2.05, 4.69) is 15.3 Å². The average molecular weight is 358 g/mol. The molecule has 0 aliphatic carbocycles. The van der Waals surface area contributed by atoms with Crippen LogP contribution in [0.1, 0.15) is 46.2 Å². The van der Waals surface area contributed by atoms with Crippen molar-refractivity contribution in [1.29, 1.82) is 5.26 Å². The number of benzene rings is 1. The molecule has 2 unspecified atom stereocenters. The molecule has 0 radical (unpaired) electrons. The molecule has 0 fully saturated rings. The largest absolute Gasteiger partial charge is 0.485 e. The summed E-state index contributed by atoms with van der Waals surface area (Å²) in [6.07, 6.45) is 0.770. The molecular formula is C17H22N6O3. The standard InChI is InChI=1S/C17H22N6O3/c1-16(2,3)23(15(19)20-8-18)13-9-6-10-11(22-26-21-10)7-12(9)25-17(4,5)14(13)24/h6-7,13-14,24H,1-5H3,(H2,19,20). The number of hydrogen-bond donors (Lipinski definition) is 2. The van der Waals surface area contributed by atoms with Crippen molar-refractivity contribution in [3.8, 4) is 11.9 Å². The number of fused-ring (bicyclic) bond motifs is 2. The molecule has 1 aromatic heterocycles. The Labute approximate surface area is 151 Å². The Morgan fingerprint density at radius 1 is 1.35 bits per heavy atom. The van der Waals surface area contributed by atoms with E-state index in [0.717, 1.165) is 0 Å². The Morgan fingerprint density at radius 2 is 1.96 bits per heavy atom. The van der Waals surface area contributed by atoms with Gasteiger partial charge in [0.1, 0.15) is 28.5 Å². The van der Waals surface area contributed by atoms with Gasteiger partial charge < -0.3 is 20.5 Å². The van der Waals surface area contributed by atoms with Crippen LogP contribution in [0.15, 0.2) is 21.8 Å². The first-order valence-corrected chi connectivity index (χ1v) is 8.21. The van der Waals surface area contributed by atoms with Crippen LogP contribution in [0.3, 0.4) is 0 Å². The van der Waals surface area contributed by atoms with Gasteiger partial charge in [-0.05, 0) is 51.0 Å². The Kier molecular flexibility index (Phi) is 4.04. The van der Waals surface area contributed by atoms with Gasteiger partial charge in [-0.15, -0.1) is 4.99 Å². The first-order valence-electron chi connectivity index (χ1n) is 8.21. The van der Waals surface area contributed by atoms with Crippen LogP contribution < -0.4 is 10.5 Å². The third-order valence-electron chi connectivity index (χ3n) is 4.50. The number of aliphatic hydroxyl groups excluding tert-OH is 1. The van der Waals surface area contributed by atoms with Gasteiger partial charge >= 0.3 is 0 Å². The average Bonchev–Trinajstić information content (AvgIpc) is 2.95. The monoisotopic (exact) mass is 358 g/mol. The zero-order valence-electron chi connectivity index (χ0n) is 15.4. The smallest absolute Gasteiger partial charge is 0.209 e. The van der Waals surface area contributed by atoms with Crippen molar-refractivity contribution in [3.63, 3.8) is 0 Å². The molecule has 1 aromatic carbocycles. The van der Waals surface area contributed by atoms with E-state index in [-0.39, 0.29) is 5.96 Å². The number of guanidine groups is 1. The summed E-state index contributed by atoms with van der Waals surface area (Å²) in [5, 5.41) is 27.8. The Balaban J connectivity index is 2.27. The van der Waals surface area contributed by atoms with E-state index in [9.17, 15) is 5.11 Å². The van der Waals surface area contributed by atoms with E-state index in [4.69, 9.17) is 20.4 Å². The number of ether oxygens (including phenoxy) is 1. The summed E-state index contributed by atoms with van der Waals surface area (Å²) in [6, 6.07) is 2.87. The van der Waals surface area contributed by atoms with Crippen LogP contribution in [-0.2, 0) is 0 Å². The van der Waals surface area contributed by atoms with Gasteiger partial charge in [-0.25, -0.2) is 4.63 Å². The first-order chi connectivity index (χ1) is 12.1. The third-order valence-corrected chi connectivity index (χ3v) is 4.50. The molecule has 3 N–H and O–H groups in total. The molecule has 1 aliphatic rings. The fourth-order valence-corrected chi connectivity index (χ4v) is 3.33. The molecule has 0 saturated carbocycles. The molecular weight excluding hydrogens is 336 g/mol. The van der Waals surface area contributed by atoms with Crippen LogP contribution in [0.4, 0.5) is 0 Å². The van der Waals surface area contributed by atoms with Crippen molar-refractivity contribution in [2.24, 2.45) is 10.7 Å². The lowest BCUT2D eigenvalue weighted by Crippen LogP contribution is -2.60. The van der Waals surface area contributed by atoms with Crippen molar-refractivity contribution < 1.29 is 14.5 Å². The maximum Gasteiger partial charge on any atom is 0.209 e. The second-order valence-corrected chi connectivity index (χ2v) is 7.85. The lowest BCUT2D eigenvalue weighted by atomic mass is 9.83. The van der Waals surface area contributed by atoms with E-state index >= 15 is 0 Å². The highest BCUT2D eigenvalue weighted by atomic mass is 16.6. The third kappa shape index (κ3) is 2.82. The van der Waals surface area contributed by atoms with Crippen LogP contribution >= 0.6 is 0 Å². The van der Waals surface area contributed by atoms with Crippen molar-refractivity contribution in [2.45, 2.75) is 57.9 Å². The van der Waals surface area contributed by atoms with Gasteiger partial charge in [0, 0.05) is 17.2 Å². The molecule has 0 spiro atoms. The van der Waals surface area contributed by atoms with E-state index in [1.165, 1.54) is 0 Å². The molecule has 1 aliphatic heterocycles. The van der Waals surface area contributed by atoms with E-state index in [1.54, 1.807) is 37.1 Å². The second kappa shape index (κ2) is 5.85. The molecule has 2 aromatic rings. The summed E-state index contributed by atoms with van der Waals surface area (Å²) in [5.74, 6) is 0.568. The zero-order chi connectivity index (χ0) is 19.3. The highest BCUT2D eigenvalue weighted by molar-refractivity contribution is 5.82. The minimum absolute atomic E-state index is 0.0195. The maximum atomic E-state index is 11.1. The van der Waals surface area contributed by atoms with Crippen molar-refractivity contribution in [1.82, 2.24) is 15.2 Å². The van der Waals surface area contributed by atoms with E-state index < -0.39 is 23.3 Å². The maximum absolute atomic E-state index is 11.1. The van der Waals surface area contributed by atoms with Gasteiger partial charge in [-0.1, -0.05) is 0 Å². The predicted molar refractivity (Wildman–Crippen MR) is 94.1 cm³/mol. The number of nitriles is 1. The Bertz CT molecular complexity index is 905. The summed E-state index contributed by atoms with van der Waals surface area (Å²) in [4.78, 5) is 5.43. The highest BCUT2D eigenvalue weighted by Crippen LogP contribution is 2.45. The first kappa shape index (κ1) is 17.9. The summed E-state index contributed by atoms with van der Waals surface area (Å²) in [5.41, 5.74) is 6.43. The van der Waals surface area contributed by atoms with Crippen LogP contribution in [0.5, 0.6) is 5.75 Å². The van der Waals surface area contributed by atoms with E-state index in [1.807, 2.05) is 20.8 Å². The molecule has 138 valence electrons. The Morgan fingerprint density at radius 3 is 2.54 bits per heavy atom.